The smallest absolute Gasteiger partial charge is 0.237 e. The van der Waals surface area contributed by atoms with Crippen molar-refractivity contribution >= 4 is 5.91 Å². The Kier molecular flexibility index (Phi) is 4.69. The highest BCUT2D eigenvalue weighted by Crippen LogP contribution is 2.07. The Balaban J connectivity index is 2.51. The van der Waals surface area contributed by atoms with Gasteiger partial charge >= 0.3 is 0 Å². The van der Waals surface area contributed by atoms with E-state index in [2.05, 4.69) is 10.4 Å². The second-order valence-corrected chi connectivity index (χ2v) is 4.51. The molecule has 0 bridgehead atoms. The predicted octanol–water partition coefficient (Wildman–Crippen LogP) is 0.718. The minimum atomic E-state index is -0.433. The minimum absolute atomic E-state index is 0.0948. The fraction of sp³-hybridized carbons (Fsp3) is 0.667. The molecular weight excluding hydrogens is 216 g/mol. The molecule has 17 heavy (non-hydrogen) atoms. The van der Waals surface area contributed by atoms with Crippen molar-refractivity contribution in [3.63, 3.8) is 0 Å². The van der Waals surface area contributed by atoms with Crippen LogP contribution in [0.5, 0.6) is 0 Å². The zero-order chi connectivity index (χ0) is 13.0. The lowest BCUT2D eigenvalue weighted by Crippen LogP contribution is -2.44. The Hall–Kier alpha value is -1.36. The molecule has 1 aromatic heterocycles. The van der Waals surface area contributed by atoms with Gasteiger partial charge in [0.25, 0.3) is 0 Å². The molecule has 1 heterocycles. The maximum Gasteiger partial charge on any atom is 0.237 e. The highest BCUT2D eigenvalue weighted by molar-refractivity contribution is 5.81. The molecule has 0 aliphatic carbocycles. The molecule has 2 atom stereocenters. The van der Waals surface area contributed by atoms with Gasteiger partial charge in [0.1, 0.15) is 0 Å². The number of hydrogen-bond donors (Lipinski definition) is 2. The van der Waals surface area contributed by atoms with Crippen LogP contribution >= 0.6 is 0 Å². The van der Waals surface area contributed by atoms with Gasteiger partial charge in [0.15, 0.2) is 0 Å². The van der Waals surface area contributed by atoms with Crippen LogP contribution in [0.25, 0.3) is 0 Å². The van der Waals surface area contributed by atoms with E-state index >= 15 is 0 Å². The number of carbonyl (C=O) groups excluding carboxylic acids is 1. The van der Waals surface area contributed by atoms with Crippen LogP contribution in [0.1, 0.15) is 31.5 Å². The van der Waals surface area contributed by atoms with Crippen molar-refractivity contribution in [3.8, 4) is 0 Å². The number of carbonyl (C=O) groups is 1. The Bertz CT molecular complexity index is 386. The van der Waals surface area contributed by atoms with Crippen molar-refractivity contribution in [1.29, 1.82) is 0 Å². The normalized spacial score (nSPS) is 14.4. The minimum Gasteiger partial charge on any atom is -0.351 e. The molecule has 5 nitrogen and oxygen atoms in total. The first-order valence-corrected chi connectivity index (χ1v) is 5.98. The van der Waals surface area contributed by atoms with E-state index in [9.17, 15) is 4.79 Å². The summed E-state index contributed by atoms with van der Waals surface area (Å²) in [6.45, 7) is 6.48. The zero-order valence-electron chi connectivity index (χ0n) is 11.0. The molecule has 0 aliphatic heterocycles. The van der Waals surface area contributed by atoms with Crippen LogP contribution in [0.4, 0.5) is 0 Å². The van der Waals surface area contributed by atoms with Crippen LogP contribution in [-0.2, 0) is 18.4 Å². The molecule has 0 aliphatic rings. The monoisotopic (exact) mass is 238 g/mol. The summed E-state index contributed by atoms with van der Waals surface area (Å²) in [6.07, 6.45) is 2.67. The predicted molar refractivity (Wildman–Crippen MR) is 67.2 cm³/mol. The van der Waals surface area contributed by atoms with Crippen molar-refractivity contribution < 1.29 is 4.79 Å². The number of nitrogens with zero attached hydrogens (tertiary/aromatic N) is 2. The largest absolute Gasteiger partial charge is 0.351 e. The topological polar surface area (TPSA) is 72.9 Å². The van der Waals surface area contributed by atoms with Gasteiger partial charge in [-0.1, -0.05) is 20.3 Å². The average Bonchev–Trinajstić information content (AvgIpc) is 2.65. The van der Waals surface area contributed by atoms with E-state index in [4.69, 9.17) is 5.73 Å². The van der Waals surface area contributed by atoms with Gasteiger partial charge in [0.2, 0.25) is 5.91 Å². The number of aryl methyl sites for hydroxylation is 1. The van der Waals surface area contributed by atoms with Crippen LogP contribution in [0.2, 0.25) is 0 Å². The SMILES string of the molecule is CC[C@H](C)[C@H](N)C(=O)NCc1cnn(C)c1C. The number of aromatic nitrogens is 2. The highest BCUT2D eigenvalue weighted by atomic mass is 16.2. The molecule has 0 spiro atoms. The van der Waals surface area contributed by atoms with Crippen LogP contribution < -0.4 is 11.1 Å². The van der Waals surface area contributed by atoms with Gasteiger partial charge in [0, 0.05) is 24.8 Å². The Morgan fingerprint density at radius 1 is 1.65 bits per heavy atom. The van der Waals surface area contributed by atoms with Crippen LogP contribution in [0.15, 0.2) is 6.20 Å². The third kappa shape index (κ3) is 3.30. The van der Waals surface area contributed by atoms with Crippen molar-refractivity contribution in [2.24, 2.45) is 18.7 Å². The standard InChI is InChI=1S/C12H22N4O/c1-5-8(2)11(13)12(17)14-6-10-7-15-16(4)9(10)3/h7-8,11H,5-6,13H2,1-4H3,(H,14,17)/t8-,11-/m0/s1. The lowest BCUT2D eigenvalue weighted by Gasteiger charge is -2.17. The molecule has 0 radical (unpaired) electrons. The fourth-order valence-electron chi connectivity index (χ4n) is 1.53. The van der Waals surface area contributed by atoms with E-state index in [0.717, 1.165) is 17.7 Å². The summed E-state index contributed by atoms with van der Waals surface area (Å²) in [6, 6.07) is -0.433. The summed E-state index contributed by atoms with van der Waals surface area (Å²) in [5.74, 6) is 0.104. The van der Waals surface area contributed by atoms with E-state index in [1.807, 2.05) is 27.8 Å². The molecule has 1 amide bonds. The summed E-state index contributed by atoms with van der Waals surface area (Å²) in [7, 11) is 1.88. The van der Waals surface area contributed by atoms with Crippen LogP contribution in [0, 0.1) is 12.8 Å². The van der Waals surface area contributed by atoms with Crippen LogP contribution in [0.3, 0.4) is 0 Å². The second kappa shape index (κ2) is 5.82. The van der Waals surface area contributed by atoms with Crippen LogP contribution in [-0.4, -0.2) is 21.7 Å². The first-order chi connectivity index (χ1) is 7.97. The molecule has 5 heteroatoms. The number of rotatable bonds is 5. The zero-order valence-corrected chi connectivity index (χ0v) is 11.0. The van der Waals surface area contributed by atoms with Crippen molar-refractivity contribution in [2.75, 3.05) is 0 Å². The van der Waals surface area contributed by atoms with Gasteiger partial charge in [-0.15, -0.1) is 0 Å². The van der Waals surface area contributed by atoms with Gasteiger partial charge in [-0.3, -0.25) is 9.48 Å². The lowest BCUT2D eigenvalue weighted by molar-refractivity contribution is -0.123. The Morgan fingerprint density at radius 2 is 2.29 bits per heavy atom. The summed E-state index contributed by atoms with van der Waals surface area (Å²) in [5, 5.41) is 6.98. The molecule has 0 unspecified atom stereocenters. The number of amides is 1. The summed E-state index contributed by atoms with van der Waals surface area (Å²) >= 11 is 0. The van der Waals surface area contributed by atoms with Crippen molar-refractivity contribution in [1.82, 2.24) is 15.1 Å². The maximum absolute atomic E-state index is 11.8. The van der Waals surface area contributed by atoms with Gasteiger partial charge in [-0.25, -0.2) is 0 Å². The van der Waals surface area contributed by atoms with E-state index in [1.54, 1.807) is 10.9 Å². The molecule has 1 aromatic rings. The molecule has 3 N–H and O–H groups in total. The van der Waals surface area contributed by atoms with Gasteiger partial charge in [0.05, 0.1) is 12.2 Å². The van der Waals surface area contributed by atoms with E-state index in [1.165, 1.54) is 0 Å². The molecule has 0 aromatic carbocycles. The number of hydrogen-bond acceptors (Lipinski definition) is 3. The Morgan fingerprint density at radius 3 is 2.76 bits per heavy atom. The number of nitrogens with two attached hydrogens (primary N) is 1. The second-order valence-electron chi connectivity index (χ2n) is 4.51. The first kappa shape index (κ1) is 13.7. The van der Waals surface area contributed by atoms with E-state index < -0.39 is 6.04 Å². The van der Waals surface area contributed by atoms with E-state index in [0.29, 0.717) is 6.54 Å². The molecule has 96 valence electrons. The van der Waals surface area contributed by atoms with Gasteiger partial charge in [-0.2, -0.15) is 5.10 Å². The quantitative estimate of drug-likeness (QED) is 0.794. The highest BCUT2D eigenvalue weighted by Gasteiger charge is 2.19. The van der Waals surface area contributed by atoms with Crippen molar-refractivity contribution in [2.45, 2.75) is 39.8 Å². The molecule has 0 fully saturated rings. The lowest BCUT2D eigenvalue weighted by atomic mass is 9.99. The average molecular weight is 238 g/mol. The van der Waals surface area contributed by atoms with Gasteiger partial charge in [-0.05, 0) is 12.8 Å². The summed E-state index contributed by atoms with van der Waals surface area (Å²) in [5.41, 5.74) is 7.93. The summed E-state index contributed by atoms with van der Waals surface area (Å²) < 4.78 is 1.79. The van der Waals surface area contributed by atoms with E-state index in [-0.39, 0.29) is 11.8 Å². The molecule has 1 rings (SSSR count). The summed E-state index contributed by atoms with van der Waals surface area (Å²) in [4.78, 5) is 11.8. The fourth-order valence-corrected chi connectivity index (χ4v) is 1.53. The third-order valence-corrected chi connectivity index (χ3v) is 3.35. The number of nitrogens with one attached hydrogen (secondary N) is 1. The third-order valence-electron chi connectivity index (χ3n) is 3.35. The Labute approximate surface area is 102 Å². The first-order valence-electron chi connectivity index (χ1n) is 5.98. The maximum atomic E-state index is 11.8. The van der Waals surface area contributed by atoms with Crippen molar-refractivity contribution in [3.05, 3.63) is 17.5 Å². The molecular formula is C12H22N4O. The van der Waals surface area contributed by atoms with Gasteiger partial charge < -0.3 is 11.1 Å². The molecule has 0 saturated heterocycles. The molecule has 0 saturated carbocycles.